The highest BCUT2D eigenvalue weighted by molar-refractivity contribution is 7.14. The van der Waals surface area contributed by atoms with Gasteiger partial charge in [-0.3, -0.25) is 9.59 Å². The van der Waals surface area contributed by atoms with E-state index in [0.29, 0.717) is 41.1 Å². The Morgan fingerprint density at radius 3 is 2.77 bits per heavy atom. The minimum Gasteiger partial charge on any atom is -0.310 e. The monoisotopic (exact) mass is 418 g/mol. The summed E-state index contributed by atoms with van der Waals surface area (Å²) < 4.78 is 0. The van der Waals surface area contributed by atoms with Crippen LogP contribution in [0.4, 0.5) is 5.13 Å². The molecule has 7 heteroatoms. The fourth-order valence-corrected chi connectivity index (χ4v) is 3.95. The Bertz CT molecular complexity index is 1280. The summed E-state index contributed by atoms with van der Waals surface area (Å²) in [4.78, 5) is 36.2. The highest BCUT2D eigenvalue weighted by Crippen LogP contribution is 2.26. The number of rotatable bonds is 6. The highest BCUT2D eigenvalue weighted by atomic mass is 32.1. The van der Waals surface area contributed by atoms with Crippen molar-refractivity contribution in [2.24, 2.45) is 0 Å². The van der Waals surface area contributed by atoms with E-state index in [1.165, 1.54) is 22.5 Å². The molecule has 0 spiro atoms. The number of hydrogen-bond acceptors (Lipinski definition) is 5. The van der Waals surface area contributed by atoms with Crippen molar-refractivity contribution in [3.63, 3.8) is 0 Å². The van der Waals surface area contributed by atoms with E-state index in [-0.39, 0.29) is 11.5 Å². The van der Waals surface area contributed by atoms with E-state index in [0.717, 1.165) is 11.3 Å². The number of benzene rings is 2. The molecule has 0 saturated carbocycles. The number of nitrogens with zero attached hydrogens (tertiary/aromatic N) is 2. The van der Waals surface area contributed by atoms with Gasteiger partial charge in [0.2, 0.25) is 5.91 Å². The number of carbonyl (C=O) groups excluding carboxylic acids is 1. The summed E-state index contributed by atoms with van der Waals surface area (Å²) in [7, 11) is 0. The Morgan fingerprint density at radius 1 is 1.10 bits per heavy atom. The normalized spacial score (nSPS) is 11.0. The molecule has 0 radical (unpaired) electrons. The van der Waals surface area contributed by atoms with Crippen LogP contribution in [0.2, 0.25) is 0 Å². The third-order valence-corrected chi connectivity index (χ3v) is 5.79. The topological polar surface area (TPSA) is 87.7 Å². The number of para-hydroxylation sites is 1. The molecular formula is C23H22N4O2S. The van der Waals surface area contributed by atoms with E-state index in [9.17, 15) is 9.59 Å². The summed E-state index contributed by atoms with van der Waals surface area (Å²) in [5.41, 5.74) is 4.87. The van der Waals surface area contributed by atoms with E-state index >= 15 is 0 Å². The third kappa shape index (κ3) is 4.46. The van der Waals surface area contributed by atoms with Crippen LogP contribution in [0.15, 0.2) is 52.6 Å². The number of thiazole rings is 1. The Morgan fingerprint density at radius 2 is 1.93 bits per heavy atom. The summed E-state index contributed by atoms with van der Waals surface area (Å²) in [6.45, 7) is 4.15. The first-order valence-electron chi connectivity index (χ1n) is 9.80. The maximum absolute atomic E-state index is 12.3. The largest absolute Gasteiger partial charge is 0.310 e. The minimum atomic E-state index is -0.151. The number of amides is 1. The molecule has 0 aliphatic rings. The molecule has 152 valence electrons. The lowest BCUT2D eigenvalue weighted by Gasteiger charge is -2.04. The van der Waals surface area contributed by atoms with Crippen molar-refractivity contribution in [3.8, 4) is 11.3 Å². The van der Waals surface area contributed by atoms with Crippen LogP contribution in [0, 0.1) is 13.8 Å². The first-order chi connectivity index (χ1) is 14.5. The van der Waals surface area contributed by atoms with Gasteiger partial charge in [-0.1, -0.05) is 24.3 Å². The molecule has 0 aliphatic carbocycles. The molecule has 0 bridgehead atoms. The van der Waals surface area contributed by atoms with Crippen LogP contribution in [0.5, 0.6) is 0 Å². The molecule has 2 aromatic heterocycles. The second-order valence-corrected chi connectivity index (χ2v) is 8.13. The second kappa shape index (κ2) is 8.59. The molecule has 4 aromatic rings. The zero-order valence-corrected chi connectivity index (χ0v) is 17.7. The SMILES string of the molecule is Cc1ccc(-c2csc(NC(=O)CCCc3nc4ccccc4c(=O)[nH]3)n2)cc1C. The van der Waals surface area contributed by atoms with Crippen molar-refractivity contribution in [2.75, 3.05) is 5.32 Å². The van der Waals surface area contributed by atoms with Gasteiger partial charge in [0.15, 0.2) is 5.13 Å². The van der Waals surface area contributed by atoms with Gasteiger partial charge in [0.1, 0.15) is 5.82 Å². The fourth-order valence-electron chi connectivity index (χ4n) is 3.22. The molecule has 30 heavy (non-hydrogen) atoms. The van der Waals surface area contributed by atoms with Crippen LogP contribution >= 0.6 is 11.3 Å². The lowest BCUT2D eigenvalue weighted by atomic mass is 10.1. The van der Waals surface area contributed by atoms with Crippen LogP contribution in [0.25, 0.3) is 22.2 Å². The Balaban J connectivity index is 1.34. The van der Waals surface area contributed by atoms with Crippen LogP contribution in [0.3, 0.4) is 0 Å². The van der Waals surface area contributed by atoms with Crippen molar-refractivity contribution >= 4 is 33.3 Å². The number of carbonyl (C=O) groups is 1. The van der Waals surface area contributed by atoms with Gasteiger partial charge in [-0.05, 0) is 49.6 Å². The number of nitrogens with one attached hydrogen (secondary N) is 2. The van der Waals surface area contributed by atoms with Crippen LogP contribution in [-0.4, -0.2) is 20.9 Å². The van der Waals surface area contributed by atoms with Gasteiger partial charge in [0.25, 0.3) is 5.56 Å². The molecule has 4 rings (SSSR count). The van der Waals surface area contributed by atoms with E-state index in [2.05, 4.69) is 46.2 Å². The summed E-state index contributed by atoms with van der Waals surface area (Å²) in [5, 5.41) is 5.97. The van der Waals surface area contributed by atoms with Crippen LogP contribution in [-0.2, 0) is 11.2 Å². The average Bonchev–Trinajstić information content (AvgIpc) is 3.18. The minimum absolute atomic E-state index is 0.0980. The average molecular weight is 419 g/mol. The van der Waals surface area contributed by atoms with E-state index in [1.54, 1.807) is 6.07 Å². The summed E-state index contributed by atoms with van der Waals surface area (Å²) in [6.07, 6.45) is 1.44. The standard InChI is InChI=1S/C23H22N4O2S/c1-14-10-11-16(12-15(14)2)19-13-30-23(25-19)27-21(28)9-5-8-20-24-18-7-4-3-6-17(18)22(29)26-20/h3-4,6-7,10-13H,5,8-9H2,1-2H3,(H,24,26,29)(H,25,27,28). The van der Waals surface area contributed by atoms with Crippen molar-refractivity contribution in [3.05, 3.63) is 75.1 Å². The molecule has 2 N–H and O–H groups in total. The number of anilines is 1. The zero-order valence-electron chi connectivity index (χ0n) is 16.9. The number of fused-ring (bicyclic) bond motifs is 1. The number of aryl methyl sites for hydroxylation is 3. The van der Waals surface area contributed by atoms with Gasteiger partial charge in [-0.15, -0.1) is 11.3 Å². The van der Waals surface area contributed by atoms with Crippen molar-refractivity contribution in [1.82, 2.24) is 15.0 Å². The molecule has 6 nitrogen and oxygen atoms in total. The molecule has 0 atom stereocenters. The lowest BCUT2D eigenvalue weighted by Crippen LogP contribution is -2.14. The number of H-pyrrole nitrogens is 1. The summed E-state index contributed by atoms with van der Waals surface area (Å²) >= 11 is 1.41. The maximum atomic E-state index is 12.3. The van der Waals surface area contributed by atoms with Crippen molar-refractivity contribution < 1.29 is 4.79 Å². The molecule has 2 aromatic carbocycles. The predicted molar refractivity (Wildman–Crippen MR) is 121 cm³/mol. The van der Waals surface area contributed by atoms with Crippen LogP contribution in [0.1, 0.15) is 29.8 Å². The first kappa shape index (κ1) is 20.0. The van der Waals surface area contributed by atoms with E-state index in [4.69, 9.17) is 0 Å². The first-order valence-corrected chi connectivity index (χ1v) is 10.7. The molecule has 0 aliphatic heterocycles. The van der Waals surface area contributed by atoms with Gasteiger partial charge in [0.05, 0.1) is 16.6 Å². The molecule has 0 fully saturated rings. The number of aromatic amines is 1. The van der Waals surface area contributed by atoms with Gasteiger partial charge < -0.3 is 10.3 Å². The number of hydrogen-bond donors (Lipinski definition) is 2. The van der Waals surface area contributed by atoms with E-state index in [1.807, 2.05) is 29.6 Å². The summed E-state index contributed by atoms with van der Waals surface area (Å²) in [6, 6.07) is 13.5. The molecular weight excluding hydrogens is 396 g/mol. The Hall–Kier alpha value is -3.32. The smallest absolute Gasteiger partial charge is 0.258 e. The molecule has 0 saturated heterocycles. The van der Waals surface area contributed by atoms with Gasteiger partial charge in [-0.2, -0.15) is 0 Å². The van der Waals surface area contributed by atoms with Gasteiger partial charge in [0, 0.05) is 23.8 Å². The fraction of sp³-hybridized carbons (Fsp3) is 0.217. The maximum Gasteiger partial charge on any atom is 0.258 e. The van der Waals surface area contributed by atoms with Gasteiger partial charge in [-0.25, -0.2) is 9.97 Å². The van der Waals surface area contributed by atoms with Gasteiger partial charge >= 0.3 is 0 Å². The molecule has 2 heterocycles. The quantitative estimate of drug-likeness (QED) is 0.478. The van der Waals surface area contributed by atoms with Crippen molar-refractivity contribution in [2.45, 2.75) is 33.1 Å². The zero-order chi connectivity index (χ0) is 21.1. The van der Waals surface area contributed by atoms with Crippen LogP contribution < -0.4 is 10.9 Å². The lowest BCUT2D eigenvalue weighted by molar-refractivity contribution is -0.116. The molecule has 0 unspecified atom stereocenters. The Kier molecular flexibility index (Phi) is 5.72. The molecule has 1 amide bonds. The number of aromatic nitrogens is 3. The Labute approximate surface area is 178 Å². The predicted octanol–water partition coefficient (Wildman–Crippen LogP) is 4.62. The second-order valence-electron chi connectivity index (χ2n) is 7.27. The van der Waals surface area contributed by atoms with Crippen molar-refractivity contribution in [1.29, 1.82) is 0 Å². The summed E-state index contributed by atoms with van der Waals surface area (Å²) in [5.74, 6) is 0.497. The van der Waals surface area contributed by atoms with E-state index < -0.39 is 0 Å². The highest BCUT2D eigenvalue weighted by Gasteiger charge is 2.10. The third-order valence-electron chi connectivity index (χ3n) is 5.03.